The fourth-order valence-corrected chi connectivity index (χ4v) is 5.00. The van der Waals surface area contributed by atoms with Crippen molar-refractivity contribution >= 4 is 28.4 Å². The number of ether oxygens (including phenoxy) is 4. The number of amides is 1. The first kappa shape index (κ1) is 26.5. The Morgan fingerprint density at radius 1 is 1.21 bits per heavy atom. The van der Waals surface area contributed by atoms with Crippen LogP contribution >= 0.6 is 11.6 Å². The lowest BCUT2D eigenvalue weighted by molar-refractivity contribution is -0.113. The molecule has 3 aromatic rings. The average molecular weight is 543 g/mol. The van der Waals surface area contributed by atoms with Crippen molar-refractivity contribution in [3.8, 4) is 17.1 Å². The molecule has 0 radical (unpaired) electrons. The normalized spacial score (nSPS) is 23.8. The maximum Gasteiger partial charge on any atom is 0.241 e. The molecule has 11 heteroatoms. The van der Waals surface area contributed by atoms with Crippen LogP contribution in [0.4, 0.5) is 4.39 Å². The zero-order valence-corrected chi connectivity index (χ0v) is 21.9. The predicted octanol–water partition coefficient (Wildman–Crippen LogP) is 3.29. The zero-order chi connectivity index (χ0) is 27.0. The molecule has 2 aromatic carbocycles. The van der Waals surface area contributed by atoms with Crippen molar-refractivity contribution in [2.45, 2.75) is 30.5 Å². The zero-order valence-electron chi connectivity index (χ0n) is 21.1. The van der Waals surface area contributed by atoms with E-state index < -0.39 is 11.7 Å². The van der Waals surface area contributed by atoms with Gasteiger partial charge in [-0.3, -0.25) is 9.69 Å². The monoisotopic (exact) mass is 542 g/mol. The Morgan fingerprint density at radius 3 is 2.63 bits per heavy atom. The summed E-state index contributed by atoms with van der Waals surface area (Å²) < 4.78 is 37.6. The molecule has 0 spiro atoms. The van der Waals surface area contributed by atoms with Gasteiger partial charge < -0.3 is 24.7 Å². The van der Waals surface area contributed by atoms with E-state index >= 15 is 0 Å². The molecule has 2 N–H and O–H groups in total. The number of nitrogens with two attached hydrogens (primary N) is 1. The SMILES string of the molecule is CO[C@@H]1CO[C@@H]2[C@H]1OC[C@@H]2Oc1cc2nc(-c3ccc(F)c(Cl)c3)ncc2cc1C(C=CC(N)=O)N(C)C. The third-order valence-corrected chi connectivity index (χ3v) is 7.04. The van der Waals surface area contributed by atoms with Gasteiger partial charge in [-0.1, -0.05) is 17.7 Å². The summed E-state index contributed by atoms with van der Waals surface area (Å²) in [4.78, 5) is 22.6. The second-order valence-electron chi connectivity index (χ2n) is 9.47. The minimum atomic E-state index is -0.553. The highest BCUT2D eigenvalue weighted by Crippen LogP contribution is 2.37. The van der Waals surface area contributed by atoms with Gasteiger partial charge in [0, 0.05) is 42.0 Å². The number of benzene rings is 2. The standard InChI is InChI=1S/C27H28ClFN4O5/c1-33(2)20(6-7-24(30)34)16-8-15-11-31-27(14-4-5-18(29)17(28)9-14)32-19(15)10-21(16)38-23-13-37-25-22(35-3)12-36-26(23)25/h4-11,20,22-23,25-26H,12-13H2,1-3H3,(H2,30,34)/t20?,22-,23+,25+,26+/m1/s1. The molecule has 1 amide bonds. The molecular weight excluding hydrogens is 515 g/mol. The molecule has 5 atom stereocenters. The summed E-state index contributed by atoms with van der Waals surface area (Å²) in [5.41, 5.74) is 7.36. The van der Waals surface area contributed by atoms with E-state index in [9.17, 15) is 9.18 Å². The first-order valence-corrected chi connectivity index (χ1v) is 12.5. The third-order valence-electron chi connectivity index (χ3n) is 6.75. The lowest BCUT2D eigenvalue weighted by Crippen LogP contribution is -2.35. The first-order valence-electron chi connectivity index (χ1n) is 12.1. The molecule has 0 bridgehead atoms. The second kappa shape index (κ2) is 10.9. The van der Waals surface area contributed by atoms with Crippen LogP contribution in [0.1, 0.15) is 11.6 Å². The summed E-state index contributed by atoms with van der Waals surface area (Å²) in [6.45, 7) is 0.758. The van der Waals surface area contributed by atoms with Crippen LogP contribution in [0.2, 0.25) is 5.02 Å². The topological polar surface area (TPSA) is 109 Å². The van der Waals surface area contributed by atoms with E-state index in [1.807, 2.05) is 31.1 Å². The molecule has 2 saturated heterocycles. The van der Waals surface area contributed by atoms with Crippen LogP contribution in [0.5, 0.6) is 5.75 Å². The van der Waals surface area contributed by atoms with Crippen molar-refractivity contribution in [2.24, 2.45) is 5.73 Å². The maximum atomic E-state index is 13.7. The van der Waals surface area contributed by atoms with Gasteiger partial charge in [-0.15, -0.1) is 0 Å². The summed E-state index contributed by atoms with van der Waals surface area (Å²) in [7, 11) is 5.41. The number of halogens is 2. The van der Waals surface area contributed by atoms with Crippen LogP contribution in [-0.4, -0.2) is 79.6 Å². The van der Waals surface area contributed by atoms with E-state index in [0.717, 1.165) is 10.9 Å². The van der Waals surface area contributed by atoms with Gasteiger partial charge in [-0.05, 0) is 38.4 Å². The molecule has 200 valence electrons. The van der Waals surface area contributed by atoms with Gasteiger partial charge in [-0.2, -0.15) is 0 Å². The number of rotatable bonds is 8. The Bertz CT molecular complexity index is 1390. The van der Waals surface area contributed by atoms with Crippen molar-refractivity contribution in [1.82, 2.24) is 14.9 Å². The van der Waals surface area contributed by atoms with E-state index in [1.165, 1.54) is 18.2 Å². The van der Waals surface area contributed by atoms with Gasteiger partial charge in [0.15, 0.2) is 11.9 Å². The highest BCUT2D eigenvalue weighted by Gasteiger charge is 2.49. The van der Waals surface area contributed by atoms with Crippen molar-refractivity contribution in [1.29, 1.82) is 0 Å². The van der Waals surface area contributed by atoms with Crippen molar-refractivity contribution < 1.29 is 28.1 Å². The minimum absolute atomic E-state index is 0.0117. The van der Waals surface area contributed by atoms with Gasteiger partial charge >= 0.3 is 0 Å². The first-order chi connectivity index (χ1) is 18.2. The number of fused-ring (bicyclic) bond motifs is 2. The number of nitrogens with zero attached hydrogens (tertiary/aromatic N) is 3. The van der Waals surface area contributed by atoms with Gasteiger partial charge in [0.1, 0.15) is 29.9 Å². The fourth-order valence-electron chi connectivity index (χ4n) is 4.82. The summed E-state index contributed by atoms with van der Waals surface area (Å²) in [6.07, 6.45) is 3.69. The Morgan fingerprint density at radius 2 is 1.95 bits per heavy atom. The number of carbonyl (C=O) groups is 1. The number of hydrogen-bond donors (Lipinski definition) is 1. The number of methoxy groups -OCH3 is 1. The fraction of sp³-hybridized carbons (Fsp3) is 0.370. The molecule has 1 unspecified atom stereocenters. The van der Waals surface area contributed by atoms with E-state index in [2.05, 4.69) is 4.98 Å². The number of primary amides is 1. The van der Waals surface area contributed by atoms with Gasteiger partial charge in [-0.25, -0.2) is 14.4 Å². The number of aromatic nitrogens is 2. The van der Waals surface area contributed by atoms with Crippen molar-refractivity contribution in [2.75, 3.05) is 34.4 Å². The molecule has 38 heavy (non-hydrogen) atoms. The molecule has 2 aliphatic rings. The molecule has 0 aliphatic carbocycles. The third kappa shape index (κ3) is 5.23. The summed E-state index contributed by atoms with van der Waals surface area (Å²) in [5, 5.41) is 0.739. The van der Waals surface area contributed by atoms with Gasteiger partial charge in [0.25, 0.3) is 0 Å². The lowest BCUT2D eigenvalue weighted by atomic mass is 10.0. The van der Waals surface area contributed by atoms with Crippen LogP contribution in [0.15, 0.2) is 48.7 Å². The highest BCUT2D eigenvalue weighted by molar-refractivity contribution is 6.31. The molecular formula is C27H28ClFN4O5. The molecule has 0 saturated carbocycles. The highest BCUT2D eigenvalue weighted by atomic mass is 35.5. The number of carbonyl (C=O) groups excluding carboxylic acids is 1. The average Bonchev–Trinajstić information content (AvgIpc) is 3.48. The minimum Gasteiger partial charge on any atom is -0.485 e. The summed E-state index contributed by atoms with van der Waals surface area (Å²) in [5.74, 6) is -0.131. The largest absolute Gasteiger partial charge is 0.485 e. The van der Waals surface area contributed by atoms with Crippen LogP contribution in [-0.2, 0) is 19.0 Å². The Kier molecular flexibility index (Phi) is 7.60. The lowest BCUT2D eigenvalue weighted by Gasteiger charge is -2.26. The second-order valence-corrected chi connectivity index (χ2v) is 9.87. The quantitative estimate of drug-likeness (QED) is 0.432. The van der Waals surface area contributed by atoms with Crippen molar-refractivity contribution in [3.63, 3.8) is 0 Å². The smallest absolute Gasteiger partial charge is 0.241 e. The molecule has 3 heterocycles. The Labute approximate surface area is 224 Å². The predicted molar refractivity (Wildman–Crippen MR) is 139 cm³/mol. The van der Waals surface area contributed by atoms with E-state index in [-0.39, 0.29) is 35.5 Å². The van der Waals surface area contributed by atoms with E-state index in [1.54, 1.807) is 25.4 Å². The van der Waals surface area contributed by atoms with Crippen LogP contribution in [0, 0.1) is 5.82 Å². The van der Waals surface area contributed by atoms with Crippen LogP contribution in [0.3, 0.4) is 0 Å². The molecule has 2 aliphatic heterocycles. The Balaban J connectivity index is 1.57. The molecule has 9 nitrogen and oxygen atoms in total. The Hall–Kier alpha value is -3.15. The van der Waals surface area contributed by atoms with Gasteiger partial charge in [0.05, 0.1) is 29.8 Å². The van der Waals surface area contributed by atoms with Crippen molar-refractivity contribution in [3.05, 3.63) is 65.1 Å². The molecule has 1 aromatic heterocycles. The number of likely N-dealkylation sites (N-methyl/N-ethyl adjacent to an activating group) is 1. The van der Waals surface area contributed by atoms with E-state index in [4.69, 9.17) is 41.3 Å². The summed E-state index contributed by atoms with van der Waals surface area (Å²) >= 11 is 5.98. The summed E-state index contributed by atoms with van der Waals surface area (Å²) in [6, 6.07) is 7.74. The van der Waals surface area contributed by atoms with E-state index in [0.29, 0.717) is 35.9 Å². The van der Waals surface area contributed by atoms with Gasteiger partial charge in [0.2, 0.25) is 5.91 Å². The maximum absolute atomic E-state index is 13.7. The van der Waals surface area contributed by atoms with Crippen LogP contribution < -0.4 is 10.5 Å². The number of hydrogen-bond acceptors (Lipinski definition) is 8. The van der Waals surface area contributed by atoms with Crippen LogP contribution in [0.25, 0.3) is 22.3 Å². The molecule has 5 rings (SSSR count). The molecule has 2 fully saturated rings.